The van der Waals surface area contributed by atoms with Crippen LogP contribution in [0.2, 0.25) is 0 Å². The standard InChI is InChI=1S/C25H28N4O4S.ClH/c1-5-27(6-2)13-14-28(25-26-21-19(33-4)12-11-16(3)22(21)34-25)20(30)15-29-23(31)17-9-7-8-10-18(17)24(29)32;/h7-12H,5-6,13-15H2,1-4H3;1H. The molecule has 2 aromatic carbocycles. The number of nitrogens with zero attached hydrogens (tertiary/aromatic N) is 4. The quantitative estimate of drug-likeness (QED) is 0.400. The lowest BCUT2D eigenvalue weighted by Crippen LogP contribution is -2.45. The number of aromatic nitrogens is 1. The molecule has 35 heavy (non-hydrogen) atoms. The van der Waals surface area contributed by atoms with Gasteiger partial charge in [0.25, 0.3) is 11.8 Å². The number of amides is 3. The normalized spacial score (nSPS) is 12.8. The number of methoxy groups -OCH3 is 1. The van der Waals surface area contributed by atoms with E-state index in [4.69, 9.17) is 9.72 Å². The summed E-state index contributed by atoms with van der Waals surface area (Å²) in [5.41, 5.74) is 2.39. The van der Waals surface area contributed by atoms with Crippen LogP contribution in [0.25, 0.3) is 10.2 Å². The molecule has 1 aromatic heterocycles. The lowest BCUT2D eigenvalue weighted by atomic mass is 10.1. The molecule has 0 bridgehead atoms. The summed E-state index contributed by atoms with van der Waals surface area (Å²) in [6, 6.07) is 10.5. The minimum absolute atomic E-state index is 0. The number of ether oxygens (including phenoxy) is 1. The van der Waals surface area contributed by atoms with E-state index in [1.807, 2.05) is 19.1 Å². The molecule has 10 heteroatoms. The lowest BCUT2D eigenvalue weighted by molar-refractivity contribution is -0.119. The van der Waals surface area contributed by atoms with Crippen LogP contribution in [-0.2, 0) is 4.79 Å². The van der Waals surface area contributed by atoms with Crippen molar-refractivity contribution in [3.63, 3.8) is 0 Å². The van der Waals surface area contributed by atoms with E-state index in [-0.39, 0.29) is 24.9 Å². The third-order valence-corrected chi connectivity index (χ3v) is 7.36. The summed E-state index contributed by atoms with van der Waals surface area (Å²) in [5, 5.41) is 0.524. The van der Waals surface area contributed by atoms with E-state index in [0.717, 1.165) is 28.3 Å². The molecule has 186 valence electrons. The Kier molecular flexibility index (Phi) is 8.47. The van der Waals surface area contributed by atoms with Crippen molar-refractivity contribution in [2.24, 2.45) is 0 Å². The summed E-state index contributed by atoms with van der Waals surface area (Å²) >= 11 is 1.41. The van der Waals surface area contributed by atoms with Gasteiger partial charge in [-0.1, -0.05) is 43.4 Å². The van der Waals surface area contributed by atoms with Gasteiger partial charge in [0.05, 0.1) is 22.9 Å². The summed E-state index contributed by atoms with van der Waals surface area (Å²) in [6.07, 6.45) is 0. The number of carbonyl (C=O) groups is 3. The second-order valence-electron chi connectivity index (χ2n) is 8.07. The van der Waals surface area contributed by atoms with Crippen molar-refractivity contribution in [2.75, 3.05) is 44.7 Å². The molecule has 1 aliphatic rings. The van der Waals surface area contributed by atoms with Crippen LogP contribution in [0.15, 0.2) is 36.4 Å². The highest BCUT2D eigenvalue weighted by Gasteiger charge is 2.37. The van der Waals surface area contributed by atoms with Crippen LogP contribution >= 0.6 is 23.7 Å². The predicted molar refractivity (Wildman–Crippen MR) is 140 cm³/mol. The number of fused-ring (bicyclic) bond motifs is 2. The molecule has 3 aromatic rings. The first-order chi connectivity index (χ1) is 16.4. The molecule has 0 spiro atoms. The van der Waals surface area contributed by atoms with Gasteiger partial charge in [-0.25, -0.2) is 4.98 Å². The number of rotatable bonds is 9. The Morgan fingerprint density at radius 3 is 2.23 bits per heavy atom. The van der Waals surface area contributed by atoms with Crippen LogP contribution in [0.5, 0.6) is 5.75 Å². The Labute approximate surface area is 214 Å². The maximum absolute atomic E-state index is 13.5. The predicted octanol–water partition coefficient (Wildman–Crippen LogP) is 4.01. The van der Waals surface area contributed by atoms with Gasteiger partial charge < -0.3 is 9.64 Å². The molecule has 0 radical (unpaired) electrons. The topological polar surface area (TPSA) is 83.0 Å². The van der Waals surface area contributed by atoms with Crippen LogP contribution in [0.4, 0.5) is 5.13 Å². The SMILES string of the molecule is CCN(CC)CCN(C(=O)CN1C(=O)c2ccccc2C1=O)c1nc2c(OC)ccc(C)c2s1.Cl. The Hall–Kier alpha value is -3.01. The van der Waals surface area contributed by atoms with Gasteiger partial charge >= 0.3 is 0 Å². The molecule has 0 fully saturated rings. The lowest BCUT2D eigenvalue weighted by Gasteiger charge is -2.26. The number of hydrogen-bond acceptors (Lipinski definition) is 7. The monoisotopic (exact) mass is 516 g/mol. The molecular weight excluding hydrogens is 488 g/mol. The van der Waals surface area contributed by atoms with Crippen molar-refractivity contribution >= 4 is 56.8 Å². The Morgan fingerprint density at radius 2 is 1.66 bits per heavy atom. The van der Waals surface area contributed by atoms with Crippen LogP contribution in [-0.4, -0.2) is 72.3 Å². The van der Waals surface area contributed by atoms with Gasteiger partial charge in [-0.3, -0.25) is 24.2 Å². The summed E-state index contributed by atoms with van der Waals surface area (Å²) < 4.78 is 6.42. The highest BCUT2D eigenvalue weighted by atomic mass is 35.5. The molecule has 0 aliphatic carbocycles. The molecule has 3 amide bonds. The summed E-state index contributed by atoms with van der Waals surface area (Å²) in [4.78, 5) is 48.8. The number of benzene rings is 2. The van der Waals surface area contributed by atoms with Crippen molar-refractivity contribution in [1.82, 2.24) is 14.8 Å². The van der Waals surface area contributed by atoms with Gasteiger partial charge in [-0.2, -0.15) is 0 Å². The smallest absolute Gasteiger partial charge is 0.262 e. The molecule has 4 rings (SSSR count). The number of aryl methyl sites for hydroxylation is 1. The summed E-state index contributed by atoms with van der Waals surface area (Å²) in [6.45, 7) is 8.53. The fourth-order valence-corrected chi connectivity index (χ4v) is 5.18. The average Bonchev–Trinajstić information content (AvgIpc) is 3.39. The van der Waals surface area contributed by atoms with Crippen molar-refractivity contribution < 1.29 is 19.1 Å². The first-order valence-electron chi connectivity index (χ1n) is 11.3. The van der Waals surface area contributed by atoms with Gasteiger partial charge in [0, 0.05) is 13.1 Å². The maximum Gasteiger partial charge on any atom is 0.262 e. The van der Waals surface area contributed by atoms with Gasteiger partial charge in [0.1, 0.15) is 17.8 Å². The van der Waals surface area contributed by atoms with E-state index in [0.29, 0.717) is 40.6 Å². The fourth-order valence-electron chi connectivity index (χ4n) is 4.09. The largest absolute Gasteiger partial charge is 0.494 e. The second kappa shape index (κ2) is 11.2. The fraction of sp³-hybridized carbons (Fsp3) is 0.360. The van der Waals surface area contributed by atoms with Gasteiger partial charge in [0.15, 0.2) is 5.13 Å². The zero-order chi connectivity index (χ0) is 24.4. The highest BCUT2D eigenvalue weighted by Crippen LogP contribution is 2.36. The molecule has 0 N–H and O–H groups in total. The molecule has 2 heterocycles. The third-order valence-electron chi connectivity index (χ3n) is 6.15. The maximum atomic E-state index is 13.5. The Bertz CT molecular complexity index is 1220. The second-order valence-corrected chi connectivity index (χ2v) is 9.05. The molecule has 8 nitrogen and oxygen atoms in total. The first kappa shape index (κ1) is 26.6. The molecule has 0 saturated carbocycles. The number of likely N-dealkylation sites (N-methyl/N-ethyl adjacent to an activating group) is 1. The van der Waals surface area contributed by atoms with Crippen LogP contribution < -0.4 is 9.64 Å². The summed E-state index contributed by atoms with van der Waals surface area (Å²) in [7, 11) is 1.59. The number of anilines is 1. The number of thiazole rings is 1. The van der Waals surface area contributed by atoms with Crippen molar-refractivity contribution in [3.8, 4) is 5.75 Å². The highest BCUT2D eigenvalue weighted by molar-refractivity contribution is 7.22. The molecule has 0 saturated heterocycles. The van der Waals surface area contributed by atoms with Crippen LogP contribution in [0.3, 0.4) is 0 Å². The van der Waals surface area contributed by atoms with Crippen molar-refractivity contribution in [1.29, 1.82) is 0 Å². The van der Waals surface area contributed by atoms with Crippen LogP contribution in [0, 0.1) is 6.92 Å². The molecule has 0 atom stereocenters. The Morgan fingerprint density at radius 1 is 1.03 bits per heavy atom. The Balaban J connectivity index is 0.00000342. The number of imide groups is 1. The van der Waals surface area contributed by atoms with Crippen molar-refractivity contribution in [2.45, 2.75) is 20.8 Å². The van der Waals surface area contributed by atoms with E-state index in [1.165, 1.54) is 11.3 Å². The van der Waals surface area contributed by atoms with Crippen LogP contribution in [0.1, 0.15) is 40.1 Å². The zero-order valence-electron chi connectivity index (χ0n) is 20.2. The molecule has 1 aliphatic heterocycles. The van der Waals surface area contributed by atoms with Crippen molar-refractivity contribution in [3.05, 3.63) is 53.1 Å². The van der Waals surface area contributed by atoms with E-state index >= 15 is 0 Å². The third kappa shape index (κ3) is 5.03. The van der Waals surface area contributed by atoms with Gasteiger partial charge in [-0.05, 0) is 43.8 Å². The van der Waals surface area contributed by atoms with E-state index < -0.39 is 11.8 Å². The van der Waals surface area contributed by atoms with E-state index in [9.17, 15) is 14.4 Å². The number of carbonyl (C=O) groups excluding carboxylic acids is 3. The molecular formula is C25H29ClN4O4S. The average molecular weight is 517 g/mol. The van der Waals surface area contributed by atoms with Gasteiger partial charge in [-0.15, -0.1) is 12.4 Å². The number of hydrogen-bond donors (Lipinski definition) is 0. The zero-order valence-corrected chi connectivity index (χ0v) is 21.9. The summed E-state index contributed by atoms with van der Waals surface area (Å²) in [5.74, 6) is -0.601. The van der Waals surface area contributed by atoms with E-state index in [2.05, 4.69) is 18.7 Å². The van der Waals surface area contributed by atoms with E-state index in [1.54, 1.807) is 36.3 Å². The minimum Gasteiger partial charge on any atom is -0.494 e. The first-order valence-corrected chi connectivity index (χ1v) is 12.1. The van der Waals surface area contributed by atoms with Gasteiger partial charge in [0.2, 0.25) is 5.91 Å². The molecule has 0 unspecified atom stereocenters. The number of halogens is 1. The minimum atomic E-state index is -0.445.